The first-order valence-corrected chi connectivity index (χ1v) is 20.9. The molecule has 276 valence electrons. The van der Waals surface area contributed by atoms with Gasteiger partial charge in [-0.1, -0.05) is 159 Å². The van der Waals surface area contributed by atoms with Crippen LogP contribution >= 0.6 is 0 Å². The highest BCUT2D eigenvalue weighted by molar-refractivity contribution is 6.06. The van der Waals surface area contributed by atoms with E-state index in [-0.39, 0.29) is 5.41 Å². The van der Waals surface area contributed by atoms with Gasteiger partial charge in [0.25, 0.3) is 0 Å². The Labute approximate surface area is 337 Å². The molecule has 3 aliphatic carbocycles. The third-order valence-corrected chi connectivity index (χ3v) is 13.9. The van der Waals surface area contributed by atoms with Crippen LogP contribution in [0, 0.1) is 5.92 Å². The quantitative estimate of drug-likeness (QED) is 0.158. The first kappa shape index (κ1) is 34.1. The number of hydrogen-bond donors (Lipinski definition) is 0. The van der Waals surface area contributed by atoms with E-state index in [0.717, 1.165) is 17.3 Å². The lowest BCUT2D eigenvalue weighted by Gasteiger charge is -2.30. The fourth-order valence-corrected chi connectivity index (χ4v) is 11.1. The van der Waals surface area contributed by atoms with Gasteiger partial charge in [0.2, 0.25) is 0 Å². The first-order chi connectivity index (χ1) is 28.0. The van der Waals surface area contributed by atoms with Crippen LogP contribution in [0.2, 0.25) is 0 Å². The average Bonchev–Trinajstić information content (AvgIpc) is 3.96. The maximum atomic E-state index is 2.45. The van der Waals surface area contributed by atoms with E-state index in [4.69, 9.17) is 0 Å². The minimum absolute atomic E-state index is 0.0885. The fourth-order valence-electron chi connectivity index (χ4n) is 11.1. The predicted molar refractivity (Wildman–Crippen MR) is 241 cm³/mol. The maximum Gasteiger partial charge on any atom is 0.0465 e. The molecule has 0 aliphatic heterocycles. The van der Waals surface area contributed by atoms with E-state index in [9.17, 15) is 0 Å². The fraction of sp³-hybridized carbons (Fsp3) is 0.179. The summed E-state index contributed by atoms with van der Waals surface area (Å²) in [5.74, 6) is 0.914. The van der Waals surface area contributed by atoms with E-state index in [1.54, 1.807) is 5.56 Å². The van der Waals surface area contributed by atoms with Crippen molar-refractivity contribution in [3.63, 3.8) is 0 Å². The second kappa shape index (κ2) is 13.2. The first-order valence-electron chi connectivity index (χ1n) is 20.9. The van der Waals surface area contributed by atoms with Gasteiger partial charge in [-0.25, -0.2) is 0 Å². The van der Waals surface area contributed by atoms with Crippen molar-refractivity contribution in [3.05, 3.63) is 199 Å². The van der Waals surface area contributed by atoms with Crippen molar-refractivity contribution >= 4 is 27.8 Å². The van der Waals surface area contributed by atoms with Gasteiger partial charge < -0.3 is 4.90 Å². The van der Waals surface area contributed by atoms with Gasteiger partial charge in [0.15, 0.2) is 0 Å². The molecule has 0 radical (unpaired) electrons. The molecule has 2 saturated carbocycles. The minimum atomic E-state index is -0.0885. The molecule has 11 rings (SSSR count). The van der Waals surface area contributed by atoms with Gasteiger partial charge in [-0.05, 0) is 152 Å². The van der Waals surface area contributed by atoms with Crippen LogP contribution in [0.5, 0.6) is 0 Å². The molecule has 0 spiro atoms. The van der Waals surface area contributed by atoms with Crippen LogP contribution in [0.3, 0.4) is 0 Å². The Hall–Kier alpha value is -6.18. The largest absolute Gasteiger partial charge is 0.310 e. The number of nitrogens with zero attached hydrogens (tertiary/aromatic N) is 1. The van der Waals surface area contributed by atoms with Crippen LogP contribution in [-0.4, -0.2) is 0 Å². The normalized spacial score (nSPS) is 18.7. The molecule has 0 heterocycles. The molecule has 1 nitrogen and oxygen atoms in total. The summed E-state index contributed by atoms with van der Waals surface area (Å²) in [4.78, 5) is 2.45. The molecule has 0 saturated heterocycles. The SMILES string of the molecule is CC1(C)c2ccccc2-c2ccc(N(c3ccc(-c4ccccc4C45CCC(CC4)C5)cc3)c3ccc(-c4cccc5cccc(-c6ccccc6)c45)cc3)cc21. The van der Waals surface area contributed by atoms with Crippen molar-refractivity contribution in [1.29, 1.82) is 0 Å². The standard InChI is InChI=1S/C56H47N/c1-55(2)51-20-8-7-17-49(51)50-31-30-45(36-53(50)55)57(43-26-22-40(23-27-43)46-16-6-9-21-52(46)56-34-32-38(37-56)33-35-56)44-28-24-41(25-29-44)48-19-11-15-42-14-10-18-47(54(42)48)39-12-4-3-5-13-39/h3-31,36,38H,32-35,37H2,1-2H3. The van der Waals surface area contributed by atoms with Gasteiger partial charge >= 0.3 is 0 Å². The average molecular weight is 734 g/mol. The van der Waals surface area contributed by atoms with E-state index < -0.39 is 0 Å². The van der Waals surface area contributed by atoms with Crippen LogP contribution < -0.4 is 4.90 Å². The Bertz CT molecular complexity index is 2780. The lowest BCUT2D eigenvalue weighted by atomic mass is 9.74. The molecule has 8 aromatic rings. The van der Waals surface area contributed by atoms with E-state index in [1.165, 1.54) is 104 Å². The topological polar surface area (TPSA) is 3.24 Å². The summed E-state index contributed by atoms with van der Waals surface area (Å²) in [6.07, 6.45) is 6.80. The van der Waals surface area contributed by atoms with Crippen molar-refractivity contribution < 1.29 is 0 Å². The Morgan fingerprint density at radius 1 is 0.421 bits per heavy atom. The molecular weight excluding hydrogens is 687 g/mol. The molecule has 1 heteroatoms. The van der Waals surface area contributed by atoms with Crippen molar-refractivity contribution in [1.82, 2.24) is 0 Å². The third-order valence-electron chi connectivity index (χ3n) is 13.9. The summed E-state index contributed by atoms with van der Waals surface area (Å²) in [7, 11) is 0. The highest BCUT2D eigenvalue weighted by atomic mass is 15.1. The van der Waals surface area contributed by atoms with Crippen LogP contribution in [0.25, 0.3) is 55.3 Å². The van der Waals surface area contributed by atoms with Crippen molar-refractivity contribution in [2.75, 3.05) is 4.90 Å². The van der Waals surface area contributed by atoms with E-state index in [0.29, 0.717) is 5.41 Å². The van der Waals surface area contributed by atoms with Gasteiger partial charge in [0.05, 0.1) is 0 Å². The molecule has 0 aromatic heterocycles. The Morgan fingerprint density at radius 3 is 1.56 bits per heavy atom. The van der Waals surface area contributed by atoms with Crippen molar-refractivity contribution in [3.8, 4) is 44.5 Å². The number of anilines is 3. The van der Waals surface area contributed by atoms with Crippen LogP contribution in [0.1, 0.15) is 62.6 Å². The third kappa shape index (κ3) is 5.51. The summed E-state index contributed by atoms with van der Waals surface area (Å²) in [6.45, 7) is 4.74. The predicted octanol–water partition coefficient (Wildman–Crippen LogP) is 15.4. The zero-order valence-electron chi connectivity index (χ0n) is 32.9. The molecular formula is C56H47N. The molecule has 0 atom stereocenters. The number of benzene rings is 8. The molecule has 8 aromatic carbocycles. The Morgan fingerprint density at radius 2 is 0.930 bits per heavy atom. The molecule has 0 N–H and O–H groups in total. The van der Waals surface area contributed by atoms with Crippen molar-refractivity contribution in [2.45, 2.75) is 56.8 Å². The zero-order valence-corrected chi connectivity index (χ0v) is 32.9. The van der Waals surface area contributed by atoms with Gasteiger partial charge in [0, 0.05) is 22.5 Å². The smallest absolute Gasteiger partial charge is 0.0465 e. The molecule has 2 bridgehead atoms. The summed E-state index contributed by atoms with van der Waals surface area (Å²) < 4.78 is 0. The van der Waals surface area contributed by atoms with Crippen LogP contribution in [-0.2, 0) is 10.8 Å². The van der Waals surface area contributed by atoms with Crippen LogP contribution in [0.15, 0.2) is 182 Å². The minimum Gasteiger partial charge on any atom is -0.310 e. The number of fused-ring (bicyclic) bond motifs is 6. The van der Waals surface area contributed by atoms with Gasteiger partial charge in [-0.2, -0.15) is 0 Å². The summed E-state index contributed by atoms with van der Waals surface area (Å²) in [5, 5.41) is 2.54. The maximum absolute atomic E-state index is 2.45. The monoisotopic (exact) mass is 733 g/mol. The molecule has 0 amide bonds. The highest BCUT2D eigenvalue weighted by Crippen LogP contribution is 2.57. The molecule has 2 fully saturated rings. The summed E-state index contributed by atoms with van der Waals surface area (Å²) in [5.41, 5.74) is 18.5. The zero-order chi connectivity index (χ0) is 38.1. The van der Waals surface area contributed by atoms with Crippen molar-refractivity contribution in [2.24, 2.45) is 5.92 Å². The second-order valence-corrected chi connectivity index (χ2v) is 17.4. The molecule has 0 unspecified atom stereocenters. The highest BCUT2D eigenvalue weighted by Gasteiger charge is 2.46. The number of rotatable bonds is 7. The Kier molecular flexibility index (Phi) is 7.90. The lowest BCUT2D eigenvalue weighted by molar-refractivity contribution is 0.420. The van der Waals surface area contributed by atoms with E-state index in [1.807, 2.05) is 0 Å². The van der Waals surface area contributed by atoms with Gasteiger partial charge in [-0.3, -0.25) is 0 Å². The second-order valence-electron chi connectivity index (χ2n) is 17.4. The van der Waals surface area contributed by atoms with Crippen LogP contribution in [0.4, 0.5) is 17.1 Å². The molecule has 57 heavy (non-hydrogen) atoms. The van der Waals surface area contributed by atoms with E-state index >= 15 is 0 Å². The van der Waals surface area contributed by atoms with Gasteiger partial charge in [0.1, 0.15) is 0 Å². The van der Waals surface area contributed by atoms with Gasteiger partial charge in [-0.15, -0.1) is 0 Å². The number of hydrogen-bond acceptors (Lipinski definition) is 1. The summed E-state index contributed by atoms with van der Waals surface area (Å²) >= 11 is 0. The summed E-state index contributed by atoms with van der Waals surface area (Å²) in [6, 6.07) is 68.1. The molecule has 3 aliphatic rings. The lowest BCUT2D eigenvalue weighted by Crippen LogP contribution is -2.20. The Balaban J connectivity index is 1.02. The van der Waals surface area contributed by atoms with E-state index in [2.05, 4.69) is 201 Å².